The van der Waals surface area contributed by atoms with Crippen molar-refractivity contribution in [2.75, 3.05) is 40.0 Å². The van der Waals surface area contributed by atoms with Gasteiger partial charge in [0.15, 0.2) is 5.96 Å². The third-order valence-electron chi connectivity index (χ3n) is 5.03. The molecule has 134 valence electrons. The summed E-state index contributed by atoms with van der Waals surface area (Å²) in [6.45, 7) is 6.77. The Balaban J connectivity index is 1.48. The van der Waals surface area contributed by atoms with Gasteiger partial charge in [0.2, 0.25) is 0 Å². The maximum atomic E-state index is 5.79. The zero-order valence-corrected chi connectivity index (χ0v) is 15.0. The van der Waals surface area contributed by atoms with E-state index in [0.717, 1.165) is 64.1 Å². The van der Waals surface area contributed by atoms with Crippen LogP contribution < -0.4 is 10.6 Å². The molecule has 0 bridgehead atoms. The van der Waals surface area contributed by atoms with Crippen molar-refractivity contribution in [2.24, 2.45) is 16.8 Å². The summed E-state index contributed by atoms with van der Waals surface area (Å²) in [6, 6.07) is 0.585. The molecule has 1 aliphatic carbocycles. The van der Waals surface area contributed by atoms with Crippen LogP contribution in [0.5, 0.6) is 0 Å². The SMILES string of the molecule is CN=C(NCCCOCC1CCOCC1)NC1CCC(C)CC1. The van der Waals surface area contributed by atoms with Crippen molar-refractivity contribution >= 4 is 5.96 Å². The molecule has 5 nitrogen and oxygen atoms in total. The van der Waals surface area contributed by atoms with Gasteiger partial charge in [-0.05, 0) is 56.8 Å². The molecule has 0 radical (unpaired) electrons. The average Bonchev–Trinajstić information content (AvgIpc) is 2.59. The number of hydrogen-bond acceptors (Lipinski definition) is 3. The highest BCUT2D eigenvalue weighted by Crippen LogP contribution is 2.23. The lowest BCUT2D eigenvalue weighted by Gasteiger charge is -2.28. The van der Waals surface area contributed by atoms with E-state index in [1.165, 1.54) is 25.7 Å². The number of hydrogen-bond donors (Lipinski definition) is 2. The number of nitrogens with one attached hydrogen (secondary N) is 2. The molecule has 0 aromatic carbocycles. The molecule has 2 fully saturated rings. The maximum Gasteiger partial charge on any atom is 0.191 e. The van der Waals surface area contributed by atoms with Gasteiger partial charge in [0, 0.05) is 46.1 Å². The molecule has 1 aliphatic heterocycles. The summed E-state index contributed by atoms with van der Waals surface area (Å²) in [6.07, 6.45) is 8.49. The summed E-state index contributed by atoms with van der Waals surface area (Å²) in [4.78, 5) is 4.33. The second-order valence-corrected chi connectivity index (χ2v) is 7.08. The van der Waals surface area contributed by atoms with Crippen LogP contribution in [0.15, 0.2) is 4.99 Å². The van der Waals surface area contributed by atoms with E-state index in [4.69, 9.17) is 9.47 Å². The lowest BCUT2D eigenvalue weighted by Crippen LogP contribution is -2.45. The first-order valence-electron chi connectivity index (χ1n) is 9.40. The summed E-state index contributed by atoms with van der Waals surface area (Å²) in [7, 11) is 1.85. The van der Waals surface area contributed by atoms with Gasteiger partial charge in [-0.25, -0.2) is 0 Å². The van der Waals surface area contributed by atoms with Crippen LogP contribution in [0.3, 0.4) is 0 Å². The molecule has 0 aromatic rings. The molecule has 0 spiro atoms. The van der Waals surface area contributed by atoms with Gasteiger partial charge in [-0.3, -0.25) is 4.99 Å². The van der Waals surface area contributed by atoms with E-state index in [1.54, 1.807) is 0 Å². The number of guanidine groups is 1. The van der Waals surface area contributed by atoms with Gasteiger partial charge < -0.3 is 20.1 Å². The zero-order chi connectivity index (χ0) is 16.3. The molecule has 23 heavy (non-hydrogen) atoms. The van der Waals surface area contributed by atoms with Crippen molar-refractivity contribution in [3.05, 3.63) is 0 Å². The average molecular weight is 325 g/mol. The molecule has 0 unspecified atom stereocenters. The molecular weight excluding hydrogens is 290 g/mol. The number of aliphatic imine (C=N–C) groups is 1. The highest BCUT2D eigenvalue weighted by molar-refractivity contribution is 5.79. The largest absolute Gasteiger partial charge is 0.381 e. The van der Waals surface area contributed by atoms with Crippen LogP contribution in [0.2, 0.25) is 0 Å². The van der Waals surface area contributed by atoms with Crippen molar-refractivity contribution in [2.45, 2.75) is 57.9 Å². The van der Waals surface area contributed by atoms with E-state index in [1.807, 2.05) is 7.05 Å². The van der Waals surface area contributed by atoms with Gasteiger partial charge in [0.25, 0.3) is 0 Å². The van der Waals surface area contributed by atoms with Crippen molar-refractivity contribution < 1.29 is 9.47 Å². The van der Waals surface area contributed by atoms with E-state index >= 15 is 0 Å². The molecule has 1 saturated heterocycles. The molecule has 1 heterocycles. The van der Waals surface area contributed by atoms with Crippen LogP contribution >= 0.6 is 0 Å². The molecule has 5 heteroatoms. The Bertz CT molecular complexity index is 335. The van der Waals surface area contributed by atoms with E-state index in [9.17, 15) is 0 Å². The topological polar surface area (TPSA) is 54.9 Å². The molecule has 1 saturated carbocycles. The maximum absolute atomic E-state index is 5.79. The summed E-state index contributed by atoms with van der Waals surface area (Å²) in [5.41, 5.74) is 0. The van der Waals surface area contributed by atoms with Gasteiger partial charge >= 0.3 is 0 Å². The zero-order valence-electron chi connectivity index (χ0n) is 15.0. The third kappa shape index (κ3) is 7.53. The normalized spacial score (nSPS) is 27.0. The minimum Gasteiger partial charge on any atom is -0.381 e. The fourth-order valence-electron chi connectivity index (χ4n) is 3.34. The van der Waals surface area contributed by atoms with Gasteiger partial charge in [0.05, 0.1) is 0 Å². The Morgan fingerprint density at radius 3 is 2.57 bits per heavy atom. The van der Waals surface area contributed by atoms with E-state index < -0.39 is 0 Å². The Kier molecular flexibility index (Phi) is 8.76. The van der Waals surface area contributed by atoms with Gasteiger partial charge in [-0.1, -0.05) is 6.92 Å². The van der Waals surface area contributed by atoms with Crippen LogP contribution in [0, 0.1) is 11.8 Å². The predicted octanol–water partition coefficient (Wildman–Crippen LogP) is 2.56. The predicted molar refractivity (Wildman–Crippen MR) is 94.9 cm³/mol. The highest BCUT2D eigenvalue weighted by atomic mass is 16.5. The lowest BCUT2D eigenvalue weighted by molar-refractivity contribution is 0.0203. The van der Waals surface area contributed by atoms with Gasteiger partial charge in [-0.15, -0.1) is 0 Å². The Hall–Kier alpha value is -0.810. The first kappa shape index (κ1) is 18.5. The molecule has 0 amide bonds. The van der Waals surface area contributed by atoms with Crippen LogP contribution in [-0.4, -0.2) is 52.0 Å². The quantitative estimate of drug-likeness (QED) is 0.429. The number of nitrogens with zero attached hydrogens (tertiary/aromatic N) is 1. The fraction of sp³-hybridized carbons (Fsp3) is 0.944. The number of ether oxygens (including phenoxy) is 2. The van der Waals surface area contributed by atoms with Crippen molar-refractivity contribution in [3.8, 4) is 0 Å². The molecule has 0 aromatic heterocycles. The minimum absolute atomic E-state index is 0.585. The van der Waals surface area contributed by atoms with E-state index in [-0.39, 0.29) is 0 Å². The molecule has 0 atom stereocenters. The van der Waals surface area contributed by atoms with Crippen molar-refractivity contribution in [1.29, 1.82) is 0 Å². The van der Waals surface area contributed by atoms with Gasteiger partial charge in [0.1, 0.15) is 0 Å². The Morgan fingerprint density at radius 2 is 1.87 bits per heavy atom. The summed E-state index contributed by atoms with van der Waals surface area (Å²) in [5, 5.41) is 6.96. The third-order valence-corrected chi connectivity index (χ3v) is 5.03. The van der Waals surface area contributed by atoms with Crippen LogP contribution in [0.4, 0.5) is 0 Å². The highest BCUT2D eigenvalue weighted by Gasteiger charge is 2.18. The summed E-state index contributed by atoms with van der Waals surface area (Å²) >= 11 is 0. The van der Waals surface area contributed by atoms with Crippen LogP contribution in [-0.2, 0) is 9.47 Å². The van der Waals surface area contributed by atoms with Crippen molar-refractivity contribution in [1.82, 2.24) is 10.6 Å². The lowest BCUT2D eigenvalue weighted by atomic mass is 9.87. The van der Waals surface area contributed by atoms with E-state index in [0.29, 0.717) is 12.0 Å². The molecule has 2 rings (SSSR count). The standard InChI is InChI=1S/C18H35N3O2/c1-15-4-6-17(7-5-15)21-18(19-2)20-10-3-11-23-14-16-8-12-22-13-9-16/h15-17H,3-14H2,1-2H3,(H2,19,20,21). The number of rotatable bonds is 7. The van der Waals surface area contributed by atoms with Crippen molar-refractivity contribution in [3.63, 3.8) is 0 Å². The Morgan fingerprint density at radius 1 is 1.13 bits per heavy atom. The molecule has 2 N–H and O–H groups in total. The van der Waals surface area contributed by atoms with Crippen LogP contribution in [0.1, 0.15) is 51.9 Å². The second kappa shape index (κ2) is 10.9. The summed E-state index contributed by atoms with van der Waals surface area (Å²) in [5.74, 6) is 2.52. The summed E-state index contributed by atoms with van der Waals surface area (Å²) < 4.78 is 11.2. The fourth-order valence-corrected chi connectivity index (χ4v) is 3.34. The molecular formula is C18H35N3O2. The van der Waals surface area contributed by atoms with E-state index in [2.05, 4.69) is 22.5 Å². The van der Waals surface area contributed by atoms with Crippen LogP contribution in [0.25, 0.3) is 0 Å². The first-order chi connectivity index (χ1) is 11.3. The van der Waals surface area contributed by atoms with Gasteiger partial charge in [-0.2, -0.15) is 0 Å². The smallest absolute Gasteiger partial charge is 0.191 e. The Labute approximate surface area is 141 Å². The minimum atomic E-state index is 0.585. The molecule has 2 aliphatic rings. The second-order valence-electron chi connectivity index (χ2n) is 7.08. The monoisotopic (exact) mass is 325 g/mol. The first-order valence-corrected chi connectivity index (χ1v) is 9.40.